The second-order valence-electron chi connectivity index (χ2n) is 1.65. The number of hydrogen-bond donors (Lipinski definition) is 1. The molecule has 0 amide bonds. The summed E-state index contributed by atoms with van der Waals surface area (Å²) in [4.78, 5) is 2.49. The Morgan fingerprint density at radius 2 is 2.44 bits per heavy atom. The largest absolute Gasteiger partial charge is 0.199 e. The topological polar surface area (TPSA) is 12.0 Å². The Morgan fingerprint density at radius 1 is 1.44 bits per heavy atom. The molecule has 0 fully saturated rings. The van der Waals surface area contributed by atoms with Crippen LogP contribution >= 0.6 is 23.9 Å². The first-order valence-corrected chi connectivity index (χ1v) is 4.19. The van der Waals surface area contributed by atoms with Crippen LogP contribution < -0.4 is 4.13 Å². The van der Waals surface area contributed by atoms with E-state index in [0.717, 1.165) is 0 Å². The fourth-order valence-corrected chi connectivity index (χ4v) is 2.38. The Labute approximate surface area is 62.5 Å². The van der Waals surface area contributed by atoms with Crippen LogP contribution in [0.4, 0.5) is 0 Å². The lowest BCUT2D eigenvalue weighted by molar-refractivity contribution is 1.26. The van der Waals surface area contributed by atoms with Gasteiger partial charge in [-0.25, -0.2) is 0 Å². The minimum Gasteiger partial charge on any atom is -0.199 e. The van der Waals surface area contributed by atoms with Crippen LogP contribution in [0.15, 0.2) is 28.0 Å². The van der Waals surface area contributed by atoms with Crippen LogP contribution in [-0.2, 0) is 0 Å². The SMILES string of the molecule is [c]1cccc2c1SNS2. The molecule has 1 aromatic carbocycles. The van der Waals surface area contributed by atoms with E-state index in [2.05, 4.69) is 16.3 Å². The van der Waals surface area contributed by atoms with Crippen LogP contribution in [-0.4, -0.2) is 0 Å². The molecule has 3 heteroatoms. The third-order valence-electron chi connectivity index (χ3n) is 1.08. The molecule has 0 aromatic heterocycles. The molecule has 0 saturated heterocycles. The van der Waals surface area contributed by atoms with Crippen molar-refractivity contribution in [2.45, 2.75) is 9.79 Å². The van der Waals surface area contributed by atoms with E-state index >= 15 is 0 Å². The van der Waals surface area contributed by atoms with Crippen molar-refractivity contribution in [1.82, 2.24) is 4.13 Å². The summed E-state index contributed by atoms with van der Waals surface area (Å²) in [5.41, 5.74) is 0. The Bertz CT molecular complexity index is 201. The second kappa shape index (κ2) is 2.25. The first kappa shape index (κ1) is 5.65. The average molecular weight is 154 g/mol. The van der Waals surface area contributed by atoms with Gasteiger partial charge in [0, 0.05) is 9.79 Å². The molecule has 0 saturated carbocycles. The van der Waals surface area contributed by atoms with Crippen LogP contribution in [0.25, 0.3) is 0 Å². The number of fused-ring (bicyclic) bond motifs is 1. The van der Waals surface area contributed by atoms with Gasteiger partial charge in [-0.2, -0.15) is 4.13 Å². The van der Waals surface area contributed by atoms with Crippen molar-refractivity contribution in [3.05, 3.63) is 24.3 Å². The van der Waals surface area contributed by atoms with Gasteiger partial charge in [0.25, 0.3) is 0 Å². The highest BCUT2D eigenvalue weighted by Gasteiger charge is 2.09. The van der Waals surface area contributed by atoms with Gasteiger partial charge < -0.3 is 0 Å². The van der Waals surface area contributed by atoms with Crippen molar-refractivity contribution in [2.75, 3.05) is 0 Å². The maximum atomic E-state index is 3.13. The molecule has 45 valence electrons. The predicted octanol–water partition coefficient (Wildman–Crippen LogP) is 2.10. The summed E-state index contributed by atoms with van der Waals surface area (Å²) in [7, 11) is 0. The highest BCUT2D eigenvalue weighted by molar-refractivity contribution is 8.15. The monoisotopic (exact) mass is 154 g/mol. The fraction of sp³-hybridized carbons (Fsp3) is 0. The summed E-state index contributed by atoms with van der Waals surface area (Å²) in [6.07, 6.45) is 0. The molecule has 0 unspecified atom stereocenters. The smallest absolute Gasteiger partial charge is 0.0464 e. The van der Waals surface area contributed by atoms with E-state index in [9.17, 15) is 0 Å². The molecule has 0 atom stereocenters. The van der Waals surface area contributed by atoms with E-state index in [4.69, 9.17) is 0 Å². The van der Waals surface area contributed by atoms with Crippen LogP contribution in [0.3, 0.4) is 0 Å². The van der Waals surface area contributed by atoms with Gasteiger partial charge in [-0.1, -0.05) is 12.1 Å². The fourth-order valence-electron chi connectivity index (χ4n) is 0.674. The number of nitrogens with one attached hydrogen (secondary N) is 1. The van der Waals surface area contributed by atoms with Crippen molar-refractivity contribution in [1.29, 1.82) is 0 Å². The summed E-state index contributed by atoms with van der Waals surface area (Å²) in [6.45, 7) is 0. The molecule has 1 aromatic rings. The summed E-state index contributed by atoms with van der Waals surface area (Å²) < 4.78 is 3.09. The van der Waals surface area contributed by atoms with Gasteiger partial charge in [-0.3, -0.25) is 0 Å². The van der Waals surface area contributed by atoms with E-state index in [-0.39, 0.29) is 0 Å². The molecule has 1 aliphatic rings. The first-order valence-electron chi connectivity index (χ1n) is 2.56. The van der Waals surface area contributed by atoms with Crippen LogP contribution in [0.2, 0.25) is 0 Å². The van der Waals surface area contributed by atoms with E-state index in [1.807, 2.05) is 12.1 Å². The van der Waals surface area contributed by atoms with Gasteiger partial charge >= 0.3 is 0 Å². The van der Waals surface area contributed by atoms with Gasteiger partial charge in [-0.15, -0.1) is 0 Å². The van der Waals surface area contributed by atoms with Crippen molar-refractivity contribution in [3.63, 3.8) is 0 Å². The zero-order valence-electron chi connectivity index (χ0n) is 4.55. The van der Waals surface area contributed by atoms with Crippen LogP contribution in [0.1, 0.15) is 0 Å². The van der Waals surface area contributed by atoms with Crippen LogP contribution in [0.5, 0.6) is 0 Å². The van der Waals surface area contributed by atoms with E-state index in [1.165, 1.54) is 9.79 Å². The minimum absolute atomic E-state index is 1.21. The van der Waals surface area contributed by atoms with Crippen molar-refractivity contribution in [2.24, 2.45) is 0 Å². The summed E-state index contributed by atoms with van der Waals surface area (Å²) in [5, 5.41) is 0. The van der Waals surface area contributed by atoms with Crippen molar-refractivity contribution in [3.8, 4) is 0 Å². The quantitative estimate of drug-likeness (QED) is 0.575. The standard InChI is InChI=1S/C6H4NS2/c1-2-4-6-5(3-1)8-7-9-6/h1-3,7H. The van der Waals surface area contributed by atoms with Gasteiger partial charge in [0.05, 0.1) is 0 Å². The average Bonchev–Trinajstić information content (AvgIpc) is 2.33. The zero-order chi connectivity index (χ0) is 6.10. The van der Waals surface area contributed by atoms with E-state index < -0.39 is 0 Å². The van der Waals surface area contributed by atoms with Crippen molar-refractivity contribution >= 4 is 23.9 Å². The van der Waals surface area contributed by atoms with Crippen molar-refractivity contribution < 1.29 is 0 Å². The summed E-state index contributed by atoms with van der Waals surface area (Å²) >= 11 is 3.27. The van der Waals surface area contributed by atoms with E-state index in [0.29, 0.717) is 0 Å². The summed E-state index contributed by atoms with van der Waals surface area (Å²) in [6, 6.07) is 9.14. The highest BCUT2D eigenvalue weighted by Crippen LogP contribution is 2.35. The zero-order valence-corrected chi connectivity index (χ0v) is 6.18. The van der Waals surface area contributed by atoms with E-state index in [1.54, 1.807) is 23.9 Å². The molecule has 1 heterocycles. The Kier molecular flexibility index (Phi) is 1.41. The second-order valence-corrected chi connectivity index (χ2v) is 3.57. The predicted molar refractivity (Wildman–Crippen MR) is 40.1 cm³/mol. The lowest BCUT2D eigenvalue weighted by Gasteiger charge is -1.88. The van der Waals surface area contributed by atoms with Gasteiger partial charge in [0.15, 0.2) is 0 Å². The molecule has 1 nitrogen and oxygen atoms in total. The maximum absolute atomic E-state index is 3.13. The lowest BCUT2D eigenvalue weighted by Crippen LogP contribution is -1.73. The molecule has 1 N–H and O–H groups in total. The maximum Gasteiger partial charge on any atom is 0.0464 e. The Balaban J connectivity index is 2.54. The summed E-state index contributed by atoms with van der Waals surface area (Å²) in [5.74, 6) is 0. The van der Waals surface area contributed by atoms with Gasteiger partial charge in [0.2, 0.25) is 0 Å². The Morgan fingerprint density at radius 3 is 3.33 bits per heavy atom. The highest BCUT2D eigenvalue weighted by atomic mass is 32.2. The third-order valence-corrected chi connectivity index (χ3v) is 2.98. The van der Waals surface area contributed by atoms with Crippen LogP contribution in [0, 0.1) is 6.07 Å². The normalized spacial score (nSPS) is 15.6. The molecule has 1 aliphatic heterocycles. The number of rotatable bonds is 0. The molecule has 0 bridgehead atoms. The molecular weight excluding hydrogens is 150 g/mol. The molecule has 0 aliphatic carbocycles. The molecular formula is C6H4NS2. The number of benzene rings is 1. The van der Waals surface area contributed by atoms with Gasteiger partial charge in [0.1, 0.15) is 0 Å². The molecule has 1 radical (unpaired) electrons. The first-order chi connectivity index (χ1) is 4.47. The Hall–Kier alpha value is -0.120. The molecule has 2 rings (SSSR count). The number of hydrogen-bond acceptors (Lipinski definition) is 3. The third kappa shape index (κ3) is 0.956. The van der Waals surface area contributed by atoms with Gasteiger partial charge in [-0.05, 0) is 36.0 Å². The lowest BCUT2D eigenvalue weighted by atomic mass is 10.4. The minimum atomic E-state index is 1.21. The molecule has 9 heavy (non-hydrogen) atoms. The molecule has 0 spiro atoms.